The summed E-state index contributed by atoms with van der Waals surface area (Å²) in [4.78, 5) is 12.2. The highest BCUT2D eigenvalue weighted by Gasteiger charge is 2.11. The Hall–Kier alpha value is -3.06. The highest BCUT2D eigenvalue weighted by atomic mass is 32.2. The molecule has 0 unspecified atom stereocenters. The Bertz CT molecular complexity index is 961. The van der Waals surface area contributed by atoms with Crippen LogP contribution in [0, 0.1) is 6.92 Å². The van der Waals surface area contributed by atoms with Crippen molar-refractivity contribution in [3.05, 3.63) is 60.2 Å². The van der Waals surface area contributed by atoms with E-state index in [0.29, 0.717) is 22.2 Å². The molecule has 3 aromatic rings. The zero-order valence-electron chi connectivity index (χ0n) is 15.9. The van der Waals surface area contributed by atoms with Crippen molar-refractivity contribution < 1.29 is 14.3 Å². The molecule has 0 aliphatic carbocycles. The summed E-state index contributed by atoms with van der Waals surface area (Å²) >= 11 is 1.34. The summed E-state index contributed by atoms with van der Waals surface area (Å²) in [5.41, 5.74) is 3.36. The maximum absolute atomic E-state index is 12.2. The van der Waals surface area contributed by atoms with Gasteiger partial charge in [-0.1, -0.05) is 30.0 Å². The Balaban J connectivity index is 1.63. The SMILES string of the molecule is COc1ccc(-c2ccc(SCC(=O)Nc3ccccc3C)nn2)c(OC)c1. The number of aryl methyl sites for hydroxylation is 1. The van der Waals surface area contributed by atoms with E-state index in [1.807, 2.05) is 55.5 Å². The standard InChI is InChI=1S/C21H21N3O3S/c1-14-6-4-5-7-17(14)22-20(25)13-28-21-11-10-18(23-24-21)16-9-8-15(26-2)12-19(16)27-3/h4-12H,13H2,1-3H3,(H,22,25). The lowest BCUT2D eigenvalue weighted by Crippen LogP contribution is -2.14. The second kappa shape index (κ2) is 9.23. The van der Waals surface area contributed by atoms with Crippen LogP contribution in [-0.2, 0) is 4.79 Å². The first kappa shape index (κ1) is 19.7. The number of ether oxygens (including phenoxy) is 2. The van der Waals surface area contributed by atoms with Crippen molar-refractivity contribution in [1.82, 2.24) is 10.2 Å². The quantitative estimate of drug-likeness (QED) is 0.605. The summed E-state index contributed by atoms with van der Waals surface area (Å²) in [7, 11) is 3.21. The predicted octanol–water partition coefficient (Wildman–Crippen LogP) is 4.20. The molecule has 0 spiro atoms. The number of benzene rings is 2. The average molecular weight is 395 g/mol. The molecule has 28 heavy (non-hydrogen) atoms. The van der Waals surface area contributed by atoms with Gasteiger partial charge in [0.1, 0.15) is 16.5 Å². The lowest BCUT2D eigenvalue weighted by atomic mass is 10.1. The molecule has 2 aromatic carbocycles. The third kappa shape index (κ3) is 4.80. The lowest BCUT2D eigenvalue weighted by Gasteiger charge is -2.10. The van der Waals surface area contributed by atoms with Gasteiger partial charge < -0.3 is 14.8 Å². The van der Waals surface area contributed by atoms with Gasteiger partial charge >= 0.3 is 0 Å². The van der Waals surface area contributed by atoms with Gasteiger partial charge in [-0.05, 0) is 42.8 Å². The van der Waals surface area contributed by atoms with Gasteiger partial charge in [0.25, 0.3) is 0 Å². The number of rotatable bonds is 7. The maximum atomic E-state index is 12.2. The summed E-state index contributed by atoms with van der Waals surface area (Å²) in [6.45, 7) is 1.96. The summed E-state index contributed by atoms with van der Waals surface area (Å²) < 4.78 is 10.6. The molecule has 1 heterocycles. The first-order valence-electron chi connectivity index (χ1n) is 8.65. The van der Waals surface area contributed by atoms with Crippen LogP contribution in [0.1, 0.15) is 5.56 Å². The van der Waals surface area contributed by atoms with Gasteiger partial charge in [-0.3, -0.25) is 4.79 Å². The van der Waals surface area contributed by atoms with Crippen LogP contribution < -0.4 is 14.8 Å². The number of hydrogen-bond acceptors (Lipinski definition) is 6. The minimum Gasteiger partial charge on any atom is -0.497 e. The zero-order valence-corrected chi connectivity index (χ0v) is 16.7. The molecular formula is C21H21N3O3S. The molecule has 1 N–H and O–H groups in total. The van der Waals surface area contributed by atoms with Crippen LogP contribution in [-0.4, -0.2) is 36.1 Å². The van der Waals surface area contributed by atoms with E-state index in [-0.39, 0.29) is 11.7 Å². The van der Waals surface area contributed by atoms with Crippen LogP contribution >= 0.6 is 11.8 Å². The lowest BCUT2D eigenvalue weighted by molar-refractivity contribution is -0.113. The van der Waals surface area contributed by atoms with Gasteiger partial charge in [0, 0.05) is 17.3 Å². The topological polar surface area (TPSA) is 73.3 Å². The predicted molar refractivity (Wildman–Crippen MR) is 111 cm³/mol. The van der Waals surface area contributed by atoms with E-state index in [9.17, 15) is 4.79 Å². The van der Waals surface area contributed by atoms with E-state index in [1.165, 1.54) is 11.8 Å². The third-order valence-corrected chi connectivity index (χ3v) is 5.02. The Morgan fingerprint density at radius 2 is 1.86 bits per heavy atom. The maximum Gasteiger partial charge on any atom is 0.234 e. The molecule has 0 aliphatic heterocycles. The number of methoxy groups -OCH3 is 2. The van der Waals surface area contributed by atoms with Crippen molar-refractivity contribution in [3.63, 3.8) is 0 Å². The Morgan fingerprint density at radius 1 is 1.04 bits per heavy atom. The summed E-state index contributed by atoms with van der Waals surface area (Å²) in [5, 5.41) is 12.1. The van der Waals surface area contributed by atoms with Crippen LogP contribution in [0.25, 0.3) is 11.3 Å². The Morgan fingerprint density at radius 3 is 2.54 bits per heavy atom. The molecule has 6 nitrogen and oxygen atoms in total. The van der Waals surface area contributed by atoms with Crippen LogP contribution in [0.3, 0.4) is 0 Å². The number of nitrogens with one attached hydrogen (secondary N) is 1. The van der Waals surface area contributed by atoms with Gasteiger partial charge in [-0.2, -0.15) is 0 Å². The fourth-order valence-electron chi connectivity index (χ4n) is 2.59. The number of hydrogen-bond donors (Lipinski definition) is 1. The molecular weight excluding hydrogens is 374 g/mol. The molecule has 0 fully saturated rings. The Labute approximate surface area is 168 Å². The monoisotopic (exact) mass is 395 g/mol. The van der Waals surface area contributed by atoms with Gasteiger partial charge in [0.15, 0.2) is 0 Å². The minimum atomic E-state index is -0.0815. The zero-order chi connectivity index (χ0) is 19.9. The fraction of sp³-hybridized carbons (Fsp3) is 0.190. The van der Waals surface area contributed by atoms with Crippen molar-refractivity contribution in [3.8, 4) is 22.8 Å². The van der Waals surface area contributed by atoms with Crippen LogP contribution in [0.4, 0.5) is 5.69 Å². The smallest absolute Gasteiger partial charge is 0.234 e. The molecule has 0 atom stereocenters. The number of carbonyl (C=O) groups is 1. The van der Waals surface area contributed by atoms with Gasteiger partial charge in [0.2, 0.25) is 5.91 Å². The molecule has 0 bridgehead atoms. The first-order chi connectivity index (χ1) is 13.6. The number of amides is 1. The van der Waals surface area contributed by atoms with Gasteiger partial charge in [0.05, 0.1) is 25.7 Å². The second-order valence-electron chi connectivity index (χ2n) is 5.97. The summed E-state index contributed by atoms with van der Waals surface area (Å²) in [6.07, 6.45) is 0. The molecule has 144 valence electrons. The highest BCUT2D eigenvalue weighted by Crippen LogP contribution is 2.32. The molecule has 1 aromatic heterocycles. The highest BCUT2D eigenvalue weighted by molar-refractivity contribution is 7.99. The Kier molecular flexibility index (Phi) is 6.49. The van der Waals surface area contributed by atoms with Gasteiger partial charge in [-0.15, -0.1) is 10.2 Å². The number of aromatic nitrogens is 2. The van der Waals surface area contributed by atoms with Crippen molar-refractivity contribution >= 4 is 23.4 Å². The van der Waals surface area contributed by atoms with Crippen molar-refractivity contribution in [2.24, 2.45) is 0 Å². The minimum absolute atomic E-state index is 0.0815. The molecule has 0 saturated carbocycles. The van der Waals surface area contributed by atoms with E-state index >= 15 is 0 Å². The number of anilines is 1. The third-order valence-electron chi connectivity index (χ3n) is 4.10. The first-order valence-corrected chi connectivity index (χ1v) is 9.63. The molecule has 1 amide bonds. The molecule has 0 aliphatic rings. The normalized spacial score (nSPS) is 10.4. The summed E-state index contributed by atoms with van der Waals surface area (Å²) in [6, 6.07) is 16.9. The number of carbonyl (C=O) groups excluding carboxylic acids is 1. The van der Waals surface area contributed by atoms with Crippen molar-refractivity contribution in [1.29, 1.82) is 0 Å². The van der Waals surface area contributed by atoms with E-state index in [0.717, 1.165) is 16.8 Å². The van der Waals surface area contributed by atoms with E-state index in [1.54, 1.807) is 20.3 Å². The molecule has 0 saturated heterocycles. The van der Waals surface area contributed by atoms with Crippen LogP contribution in [0.5, 0.6) is 11.5 Å². The summed E-state index contributed by atoms with van der Waals surface area (Å²) in [5.74, 6) is 1.54. The molecule has 7 heteroatoms. The van der Waals surface area contributed by atoms with E-state index in [4.69, 9.17) is 9.47 Å². The average Bonchev–Trinajstić information content (AvgIpc) is 2.74. The fourth-order valence-corrected chi connectivity index (χ4v) is 3.20. The van der Waals surface area contributed by atoms with E-state index in [2.05, 4.69) is 15.5 Å². The van der Waals surface area contributed by atoms with Crippen LogP contribution in [0.15, 0.2) is 59.6 Å². The number of thioether (sulfide) groups is 1. The van der Waals surface area contributed by atoms with Gasteiger partial charge in [-0.25, -0.2) is 0 Å². The number of nitrogens with zero attached hydrogens (tertiary/aromatic N) is 2. The number of para-hydroxylation sites is 1. The van der Waals surface area contributed by atoms with Crippen molar-refractivity contribution in [2.75, 3.05) is 25.3 Å². The van der Waals surface area contributed by atoms with Crippen molar-refractivity contribution in [2.45, 2.75) is 11.9 Å². The van der Waals surface area contributed by atoms with E-state index < -0.39 is 0 Å². The molecule has 3 rings (SSSR count). The molecule has 0 radical (unpaired) electrons. The largest absolute Gasteiger partial charge is 0.497 e. The van der Waals surface area contributed by atoms with Crippen LogP contribution in [0.2, 0.25) is 0 Å². The second-order valence-corrected chi connectivity index (χ2v) is 6.97.